The van der Waals surface area contributed by atoms with Gasteiger partial charge >= 0.3 is 0 Å². The highest BCUT2D eigenvalue weighted by Crippen LogP contribution is 2.41. The Balaban J connectivity index is 2.05. The number of aryl methyl sites for hydroxylation is 2. The van der Waals surface area contributed by atoms with Crippen molar-refractivity contribution in [2.75, 3.05) is 11.9 Å². The van der Waals surface area contributed by atoms with E-state index in [1.807, 2.05) is 13.0 Å². The number of fused-ring (bicyclic) bond motifs is 3. The molecule has 1 aliphatic rings. The van der Waals surface area contributed by atoms with E-state index < -0.39 is 0 Å². The second kappa shape index (κ2) is 4.51. The van der Waals surface area contributed by atoms with Crippen molar-refractivity contribution >= 4 is 27.8 Å². The summed E-state index contributed by atoms with van der Waals surface area (Å²) in [5.74, 6) is 0. The Kier molecular flexibility index (Phi) is 2.77. The summed E-state index contributed by atoms with van der Waals surface area (Å²) in [6.07, 6.45) is 4.22. The Morgan fingerprint density at radius 1 is 1.00 bits per heavy atom. The van der Waals surface area contributed by atoms with Gasteiger partial charge in [-0.3, -0.25) is 0 Å². The van der Waals surface area contributed by atoms with E-state index in [9.17, 15) is 0 Å². The van der Waals surface area contributed by atoms with Crippen molar-refractivity contribution < 1.29 is 4.42 Å². The van der Waals surface area contributed by atoms with Gasteiger partial charge in [-0.15, -0.1) is 0 Å². The van der Waals surface area contributed by atoms with Crippen LogP contribution in [0.5, 0.6) is 0 Å². The topological polar surface area (TPSA) is 32.5 Å². The van der Waals surface area contributed by atoms with Crippen LogP contribution < -0.4 is 4.90 Å². The third kappa shape index (κ3) is 1.87. The molecule has 3 aromatic rings. The maximum absolute atomic E-state index is 6.18. The molecule has 2 aromatic heterocycles. The monoisotopic (exact) mass is 307 g/mol. The molecule has 118 valence electrons. The lowest BCUT2D eigenvalue weighted by atomic mass is 10.1. The van der Waals surface area contributed by atoms with Crippen LogP contribution in [0.15, 0.2) is 41.1 Å². The third-order valence-electron chi connectivity index (χ3n) is 4.95. The summed E-state index contributed by atoms with van der Waals surface area (Å²) >= 11 is 0. The van der Waals surface area contributed by atoms with E-state index in [2.05, 4.69) is 73.2 Å². The number of furan rings is 1. The SMILES string of the molecule is Cc1ccc2c(n1)oc1c(N3C=CN(C)C3(C)C)c(C)ccc12. The summed E-state index contributed by atoms with van der Waals surface area (Å²) in [5.41, 5.74) is 4.76. The van der Waals surface area contributed by atoms with Gasteiger partial charge in [-0.1, -0.05) is 12.1 Å². The molecule has 4 heteroatoms. The van der Waals surface area contributed by atoms with Gasteiger partial charge in [0.1, 0.15) is 5.66 Å². The van der Waals surface area contributed by atoms with Crippen molar-refractivity contribution in [3.63, 3.8) is 0 Å². The average molecular weight is 307 g/mol. The quantitative estimate of drug-likeness (QED) is 0.660. The van der Waals surface area contributed by atoms with Gasteiger partial charge in [0.15, 0.2) is 5.58 Å². The second-order valence-corrected chi connectivity index (χ2v) is 6.79. The first-order valence-electron chi connectivity index (χ1n) is 7.89. The van der Waals surface area contributed by atoms with Gasteiger partial charge in [0, 0.05) is 35.9 Å². The minimum atomic E-state index is -0.138. The minimum Gasteiger partial charge on any atom is -0.435 e. The predicted octanol–water partition coefficient (Wildman–Crippen LogP) is 4.56. The van der Waals surface area contributed by atoms with Crippen LogP contribution in [-0.4, -0.2) is 22.6 Å². The van der Waals surface area contributed by atoms with Gasteiger partial charge in [-0.2, -0.15) is 0 Å². The van der Waals surface area contributed by atoms with Crippen LogP contribution in [0.2, 0.25) is 0 Å². The molecule has 0 radical (unpaired) electrons. The average Bonchev–Trinajstić information content (AvgIpc) is 2.97. The highest BCUT2D eigenvalue weighted by molar-refractivity contribution is 6.08. The molecule has 1 aromatic carbocycles. The Morgan fingerprint density at radius 2 is 1.74 bits per heavy atom. The molecule has 23 heavy (non-hydrogen) atoms. The number of hydrogen-bond acceptors (Lipinski definition) is 4. The lowest BCUT2D eigenvalue weighted by Gasteiger charge is -2.38. The van der Waals surface area contributed by atoms with Crippen LogP contribution in [0.1, 0.15) is 25.1 Å². The van der Waals surface area contributed by atoms with E-state index in [4.69, 9.17) is 4.42 Å². The lowest BCUT2D eigenvalue weighted by molar-refractivity contribution is 0.253. The third-order valence-corrected chi connectivity index (χ3v) is 4.95. The fraction of sp³-hybridized carbons (Fsp3) is 0.316. The molecule has 4 nitrogen and oxygen atoms in total. The molecule has 0 amide bonds. The molecular weight excluding hydrogens is 286 g/mol. The summed E-state index contributed by atoms with van der Waals surface area (Å²) in [6, 6.07) is 8.42. The second-order valence-electron chi connectivity index (χ2n) is 6.79. The van der Waals surface area contributed by atoms with Crippen molar-refractivity contribution in [1.82, 2.24) is 9.88 Å². The highest BCUT2D eigenvalue weighted by atomic mass is 16.3. The molecule has 0 unspecified atom stereocenters. The number of pyridine rings is 1. The van der Waals surface area contributed by atoms with E-state index >= 15 is 0 Å². The molecule has 0 atom stereocenters. The van der Waals surface area contributed by atoms with Crippen LogP contribution in [0, 0.1) is 13.8 Å². The van der Waals surface area contributed by atoms with Gasteiger partial charge in [0.25, 0.3) is 0 Å². The van der Waals surface area contributed by atoms with Crippen molar-refractivity contribution in [2.45, 2.75) is 33.4 Å². The summed E-state index contributed by atoms with van der Waals surface area (Å²) < 4.78 is 6.18. The zero-order valence-corrected chi connectivity index (χ0v) is 14.2. The minimum absolute atomic E-state index is 0.138. The first kappa shape index (κ1) is 14.1. The van der Waals surface area contributed by atoms with Gasteiger partial charge in [0.05, 0.1) is 5.69 Å². The Labute approximate surface area is 136 Å². The maximum Gasteiger partial charge on any atom is 0.227 e. The summed E-state index contributed by atoms with van der Waals surface area (Å²) in [6.45, 7) is 8.52. The van der Waals surface area contributed by atoms with Gasteiger partial charge in [-0.25, -0.2) is 4.98 Å². The number of anilines is 1. The molecule has 1 aliphatic heterocycles. The van der Waals surface area contributed by atoms with Gasteiger partial charge < -0.3 is 14.2 Å². The van der Waals surface area contributed by atoms with Crippen molar-refractivity contribution in [3.05, 3.63) is 47.9 Å². The van der Waals surface area contributed by atoms with Crippen molar-refractivity contribution in [1.29, 1.82) is 0 Å². The number of benzene rings is 1. The largest absolute Gasteiger partial charge is 0.435 e. The lowest BCUT2D eigenvalue weighted by Crippen LogP contribution is -2.46. The molecule has 0 spiro atoms. The highest BCUT2D eigenvalue weighted by Gasteiger charge is 2.35. The van der Waals surface area contributed by atoms with E-state index in [0.717, 1.165) is 27.7 Å². The van der Waals surface area contributed by atoms with Crippen LogP contribution in [0.3, 0.4) is 0 Å². The van der Waals surface area contributed by atoms with Gasteiger partial charge in [-0.05, 0) is 45.4 Å². The Bertz CT molecular complexity index is 952. The fourth-order valence-electron chi connectivity index (χ4n) is 3.25. The molecule has 0 fully saturated rings. The van der Waals surface area contributed by atoms with E-state index in [1.165, 1.54) is 5.56 Å². The molecule has 4 rings (SSSR count). The Morgan fingerprint density at radius 3 is 2.43 bits per heavy atom. The number of rotatable bonds is 1. The molecular formula is C19H21N3O. The Hall–Kier alpha value is -2.49. The summed E-state index contributed by atoms with van der Waals surface area (Å²) in [5, 5.41) is 2.19. The predicted molar refractivity (Wildman–Crippen MR) is 94.5 cm³/mol. The maximum atomic E-state index is 6.18. The molecule has 0 N–H and O–H groups in total. The van der Waals surface area contributed by atoms with Crippen LogP contribution >= 0.6 is 0 Å². The number of nitrogens with zero attached hydrogens (tertiary/aromatic N) is 3. The number of aromatic nitrogens is 1. The smallest absolute Gasteiger partial charge is 0.227 e. The molecule has 3 heterocycles. The van der Waals surface area contributed by atoms with Crippen molar-refractivity contribution in [3.8, 4) is 0 Å². The molecule has 0 aliphatic carbocycles. The first-order chi connectivity index (χ1) is 10.9. The first-order valence-corrected chi connectivity index (χ1v) is 7.89. The van der Waals surface area contributed by atoms with Crippen LogP contribution in [-0.2, 0) is 0 Å². The normalized spacial score (nSPS) is 16.9. The number of hydrogen-bond donors (Lipinski definition) is 0. The molecule has 0 saturated carbocycles. The molecule has 0 bridgehead atoms. The zero-order chi connectivity index (χ0) is 16.4. The summed E-state index contributed by atoms with van der Waals surface area (Å²) in [7, 11) is 2.09. The van der Waals surface area contributed by atoms with Crippen LogP contribution in [0.4, 0.5) is 5.69 Å². The van der Waals surface area contributed by atoms with Gasteiger partial charge in [0.2, 0.25) is 5.71 Å². The molecule has 0 saturated heterocycles. The van der Waals surface area contributed by atoms with Crippen LogP contribution in [0.25, 0.3) is 22.1 Å². The van der Waals surface area contributed by atoms with E-state index in [1.54, 1.807) is 0 Å². The fourth-order valence-corrected chi connectivity index (χ4v) is 3.25. The zero-order valence-electron chi connectivity index (χ0n) is 14.2. The standard InChI is InChI=1S/C19H21N3O/c1-12-6-8-14-15-9-7-13(2)20-18(15)23-17(14)16(12)22-11-10-21(5)19(22,3)4/h6-11H,1-5H3. The van der Waals surface area contributed by atoms with E-state index in [-0.39, 0.29) is 5.66 Å². The van der Waals surface area contributed by atoms with Crippen molar-refractivity contribution in [2.24, 2.45) is 0 Å². The summed E-state index contributed by atoms with van der Waals surface area (Å²) in [4.78, 5) is 9.03. The van der Waals surface area contributed by atoms with E-state index in [0.29, 0.717) is 5.71 Å².